The number of furan rings is 2. The molecular weight excluding hydrogens is 719 g/mol. The Kier molecular flexibility index (Phi) is 7.71. The molecule has 4 heterocycles. The number of fused-ring (bicyclic) bond motifs is 1. The quantitative estimate of drug-likeness (QED) is 0.143. The maximum atomic E-state index is 13.9. The second kappa shape index (κ2) is 11.4. The summed E-state index contributed by atoms with van der Waals surface area (Å²) in [4.78, 5) is 32.1. The van der Waals surface area contributed by atoms with Crippen LogP contribution >= 0.6 is 49.9 Å². The molecule has 0 aliphatic carbocycles. The Morgan fingerprint density at radius 3 is 2.39 bits per heavy atom. The molecule has 0 spiro atoms. The monoisotopic (exact) mass is 740 g/mol. The van der Waals surface area contributed by atoms with Gasteiger partial charge in [0.1, 0.15) is 29.1 Å². The van der Waals surface area contributed by atoms with Crippen LogP contribution < -0.4 is 14.9 Å². The van der Waals surface area contributed by atoms with Crippen molar-refractivity contribution >= 4 is 61.9 Å². The highest BCUT2D eigenvalue weighted by molar-refractivity contribution is 14.1. The zero-order valence-electron chi connectivity index (χ0n) is 21.9. The Labute approximate surface area is 260 Å². The second-order valence-electron chi connectivity index (χ2n) is 9.22. The number of aromatic nitrogens is 1. The van der Waals surface area contributed by atoms with Crippen LogP contribution in [-0.2, 0) is 9.53 Å². The molecule has 0 saturated carbocycles. The van der Waals surface area contributed by atoms with Gasteiger partial charge in [-0.3, -0.25) is 9.36 Å². The van der Waals surface area contributed by atoms with Crippen LogP contribution in [0.25, 0.3) is 28.7 Å². The molecule has 3 aromatic heterocycles. The van der Waals surface area contributed by atoms with E-state index in [0.717, 1.165) is 19.2 Å². The molecule has 1 aliphatic rings. The fraction of sp³-hybridized carbons (Fsp3) is 0.129. The van der Waals surface area contributed by atoms with E-state index in [0.29, 0.717) is 38.1 Å². The van der Waals surface area contributed by atoms with Crippen molar-refractivity contribution in [3.05, 3.63) is 123 Å². The number of thiazole rings is 1. The number of esters is 1. The number of halogens is 2. The first kappa shape index (κ1) is 27.7. The molecule has 41 heavy (non-hydrogen) atoms. The van der Waals surface area contributed by atoms with Crippen LogP contribution in [0.15, 0.2) is 107 Å². The van der Waals surface area contributed by atoms with E-state index in [4.69, 9.17) is 13.6 Å². The lowest BCUT2D eigenvalue weighted by Gasteiger charge is -2.22. The maximum Gasteiger partial charge on any atom is 0.338 e. The molecule has 7 nitrogen and oxygen atoms in total. The molecule has 206 valence electrons. The molecule has 1 aliphatic heterocycles. The molecule has 0 N–H and O–H groups in total. The number of carbonyl (C=O) groups excluding carboxylic acids is 1. The standard InChI is InChI=1S/C31H22BrIN2O5S/c1-3-38-30(37)27-17(2)34-31-35(28(27)25-15-14-24(40-25)18-4-8-20(32)9-5-18)29(36)26(41-31)16-22-12-13-23(39-22)19-6-10-21(33)11-7-19/h4-16,28H,3H2,1-2H3/b26-16-/t28-/m1/s1. The molecule has 0 bridgehead atoms. The minimum Gasteiger partial charge on any atom is -0.463 e. The Morgan fingerprint density at radius 1 is 1.02 bits per heavy atom. The third kappa shape index (κ3) is 5.43. The van der Waals surface area contributed by atoms with Crippen molar-refractivity contribution in [3.63, 3.8) is 0 Å². The van der Waals surface area contributed by atoms with E-state index >= 15 is 0 Å². The number of rotatable bonds is 6. The normalized spacial score (nSPS) is 15.1. The third-order valence-corrected chi connectivity index (χ3v) is 8.80. The van der Waals surface area contributed by atoms with Gasteiger partial charge in [-0.05, 0) is 85.0 Å². The first-order chi connectivity index (χ1) is 19.8. The topological polar surface area (TPSA) is 86.9 Å². The summed E-state index contributed by atoms with van der Waals surface area (Å²) >= 11 is 6.94. The zero-order valence-corrected chi connectivity index (χ0v) is 26.4. The van der Waals surface area contributed by atoms with Crippen molar-refractivity contribution < 1.29 is 18.4 Å². The number of nitrogens with zero attached hydrogens (tertiary/aromatic N) is 2. The molecule has 10 heteroatoms. The SMILES string of the molecule is CCOC(=O)C1=C(C)N=c2s/c(=C\c3ccc(-c4ccc(I)cc4)o3)c(=O)n2[C@@H]1c1ccc(-c2ccc(Br)cc2)o1. The summed E-state index contributed by atoms with van der Waals surface area (Å²) in [5.74, 6) is 1.76. The molecule has 2 aromatic carbocycles. The van der Waals surface area contributed by atoms with Crippen molar-refractivity contribution in [2.24, 2.45) is 4.99 Å². The number of carbonyl (C=O) groups is 1. The zero-order chi connectivity index (χ0) is 28.7. The predicted molar refractivity (Wildman–Crippen MR) is 169 cm³/mol. The van der Waals surface area contributed by atoms with Gasteiger partial charge in [0.15, 0.2) is 4.80 Å². The summed E-state index contributed by atoms with van der Waals surface area (Å²) < 4.78 is 21.7. The van der Waals surface area contributed by atoms with Crippen LogP contribution in [-0.4, -0.2) is 17.1 Å². The lowest BCUT2D eigenvalue weighted by molar-refractivity contribution is -0.139. The van der Waals surface area contributed by atoms with Gasteiger partial charge in [-0.15, -0.1) is 0 Å². The van der Waals surface area contributed by atoms with E-state index in [1.54, 1.807) is 26.0 Å². The first-order valence-electron chi connectivity index (χ1n) is 12.7. The Bertz CT molecular complexity index is 1980. The van der Waals surface area contributed by atoms with E-state index in [1.807, 2.05) is 66.7 Å². The van der Waals surface area contributed by atoms with Crippen molar-refractivity contribution in [3.8, 4) is 22.6 Å². The van der Waals surface area contributed by atoms with E-state index in [2.05, 4.69) is 43.5 Å². The van der Waals surface area contributed by atoms with Crippen LogP contribution in [0.3, 0.4) is 0 Å². The largest absolute Gasteiger partial charge is 0.463 e. The summed E-state index contributed by atoms with van der Waals surface area (Å²) in [6, 6.07) is 22.2. The molecule has 0 saturated heterocycles. The number of hydrogen-bond acceptors (Lipinski definition) is 7. The highest BCUT2D eigenvalue weighted by Gasteiger charge is 2.35. The van der Waals surface area contributed by atoms with Crippen LogP contribution in [0.4, 0.5) is 0 Å². The van der Waals surface area contributed by atoms with E-state index in [-0.39, 0.29) is 17.7 Å². The van der Waals surface area contributed by atoms with Gasteiger partial charge in [-0.25, -0.2) is 9.79 Å². The molecule has 0 amide bonds. The van der Waals surface area contributed by atoms with E-state index in [9.17, 15) is 9.59 Å². The minimum atomic E-state index is -0.837. The van der Waals surface area contributed by atoms with Gasteiger partial charge < -0.3 is 13.6 Å². The molecule has 5 aromatic rings. The van der Waals surface area contributed by atoms with Gasteiger partial charge in [0, 0.05) is 25.2 Å². The summed E-state index contributed by atoms with van der Waals surface area (Å²) in [5.41, 5.74) is 2.25. The van der Waals surface area contributed by atoms with Crippen LogP contribution in [0.5, 0.6) is 0 Å². The molecule has 0 unspecified atom stereocenters. The average molecular weight is 741 g/mol. The fourth-order valence-corrected chi connectivity index (χ4v) is 6.31. The second-order valence-corrected chi connectivity index (χ2v) is 12.4. The van der Waals surface area contributed by atoms with Gasteiger partial charge >= 0.3 is 5.97 Å². The first-order valence-corrected chi connectivity index (χ1v) is 15.4. The van der Waals surface area contributed by atoms with Crippen LogP contribution in [0, 0.1) is 3.57 Å². The molecular formula is C31H22BrIN2O5S. The van der Waals surface area contributed by atoms with Gasteiger partial charge in [0.2, 0.25) is 0 Å². The molecule has 0 radical (unpaired) electrons. The maximum absolute atomic E-state index is 13.9. The van der Waals surface area contributed by atoms with Gasteiger partial charge in [-0.1, -0.05) is 51.5 Å². The van der Waals surface area contributed by atoms with Crippen molar-refractivity contribution in [1.29, 1.82) is 0 Å². The predicted octanol–water partition coefficient (Wildman–Crippen LogP) is 6.69. The Balaban J connectivity index is 1.45. The summed E-state index contributed by atoms with van der Waals surface area (Å²) in [6.07, 6.45) is 1.70. The number of ether oxygens (including phenoxy) is 1. The number of allylic oxidation sites excluding steroid dienone is 1. The van der Waals surface area contributed by atoms with Crippen molar-refractivity contribution in [2.75, 3.05) is 6.61 Å². The van der Waals surface area contributed by atoms with Crippen LogP contribution in [0.2, 0.25) is 0 Å². The number of hydrogen-bond donors (Lipinski definition) is 0. The molecule has 1 atom stereocenters. The highest BCUT2D eigenvalue weighted by atomic mass is 127. The lowest BCUT2D eigenvalue weighted by Crippen LogP contribution is -2.39. The minimum absolute atomic E-state index is 0.191. The number of benzene rings is 2. The van der Waals surface area contributed by atoms with Gasteiger partial charge in [0.05, 0.1) is 22.4 Å². The summed E-state index contributed by atoms with van der Waals surface area (Å²) in [6.45, 7) is 3.68. The highest BCUT2D eigenvalue weighted by Crippen LogP contribution is 2.34. The third-order valence-electron chi connectivity index (χ3n) is 6.57. The van der Waals surface area contributed by atoms with Crippen LogP contribution in [0.1, 0.15) is 31.4 Å². The van der Waals surface area contributed by atoms with Crippen molar-refractivity contribution in [1.82, 2.24) is 4.57 Å². The average Bonchev–Trinajstić information content (AvgIpc) is 3.69. The van der Waals surface area contributed by atoms with Gasteiger partial charge in [0.25, 0.3) is 5.56 Å². The molecule has 0 fully saturated rings. The Morgan fingerprint density at radius 2 is 1.68 bits per heavy atom. The van der Waals surface area contributed by atoms with Crippen molar-refractivity contribution in [2.45, 2.75) is 19.9 Å². The summed E-state index contributed by atoms with van der Waals surface area (Å²) in [5, 5.41) is 0. The molecule has 6 rings (SSSR count). The smallest absolute Gasteiger partial charge is 0.338 e. The lowest BCUT2D eigenvalue weighted by atomic mass is 10.0. The Hall–Kier alpha value is -3.48. The van der Waals surface area contributed by atoms with Gasteiger partial charge in [-0.2, -0.15) is 0 Å². The van der Waals surface area contributed by atoms with E-state index < -0.39 is 12.0 Å². The summed E-state index contributed by atoms with van der Waals surface area (Å²) in [7, 11) is 0. The van der Waals surface area contributed by atoms with E-state index in [1.165, 1.54) is 15.9 Å². The fourth-order valence-electron chi connectivity index (χ4n) is 4.66.